The number of nitrogens with one attached hydrogen (secondary N) is 1. The Morgan fingerprint density at radius 3 is 2.44 bits per heavy atom. The van der Waals surface area contributed by atoms with E-state index in [9.17, 15) is 14.7 Å². The highest BCUT2D eigenvalue weighted by molar-refractivity contribution is 5.80. The molecule has 1 aliphatic carbocycles. The third-order valence-corrected chi connectivity index (χ3v) is 8.75. The number of fused-ring (bicyclic) bond motifs is 1. The molecule has 0 spiro atoms. The van der Waals surface area contributed by atoms with Crippen LogP contribution in [0.3, 0.4) is 0 Å². The number of aliphatic hydroxyl groups is 1. The number of rotatable bonds is 11. The summed E-state index contributed by atoms with van der Waals surface area (Å²) in [5.41, 5.74) is 5.28. The average molecular weight is 613 g/mol. The Bertz CT molecular complexity index is 1880. The molecule has 6 rings (SSSR count). The lowest BCUT2D eigenvalue weighted by Crippen LogP contribution is -2.35. The molecule has 5 aromatic rings. The lowest BCUT2D eigenvalue weighted by atomic mass is 9.92. The maximum absolute atomic E-state index is 14.4. The molecule has 0 aliphatic heterocycles. The zero-order chi connectivity index (χ0) is 31.5. The van der Waals surface area contributed by atoms with Crippen molar-refractivity contribution >= 4 is 5.78 Å². The van der Waals surface area contributed by atoms with E-state index in [0.717, 1.165) is 65.6 Å². The van der Waals surface area contributed by atoms with Gasteiger partial charge in [0.1, 0.15) is 5.82 Å². The highest BCUT2D eigenvalue weighted by Crippen LogP contribution is 2.32. The summed E-state index contributed by atoms with van der Waals surface area (Å²) in [5, 5.41) is 18.5. The molecule has 0 bridgehead atoms. The fourth-order valence-corrected chi connectivity index (χ4v) is 6.36. The minimum Gasteiger partial charge on any atom is -0.391 e. The van der Waals surface area contributed by atoms with E-state index in [1.165, 1.54) is 0 Å². The van der Waals surface area contributed by atoms with Gasteiger partial charge >= 0.3 is 5.76 Å². The minimum atomic E-state index is -0.601. The summed E-state index contributed by atoms with van der Waals surface area (Å²) < 4.78 is 14.5. The summed E-state index contributed by atoms with van der Waals surface area (Å²) >= 11 is 0. The second-order valence-corrected chi connectivity index (χ2v) is 11.9. The molecule has 11 nitrogen and oxygen atoms in total. The van der Waals surface area contributed by atoms with Gasteiger partial charge in [-0.2, -0.15) is 10.1 Å². The lowest BCUT2D eigenvalue weighted by molar-refractivity contribution is -0.0293. The van der Waals surface area contributed by atoms with Crippen LogP contribution in [-0.2, 0) is 17.6 Å². The van der Waals surface area contributed by atoms with Crippen LogP contribution in [-0.4, -0.2) is 53.2 Å². The van der Waals surface area contributed by atoms with Gasteiger partial charge in [-0.25, -0.2) is 9.31 Å². The van der Waals surface area contributed by atoms with Gasteiger partial charge in [0.25, 0.3) is 5.56 Å². The van der Waals surface area contributed by atoms with Gasteiger partial charge in [-0.05, 0) is 62.1 Å². The second-order valence-electron chi connectivity index (χ2n) is 11.9. The van der Waals surface area contributed by atoms with E-state index in [0.29, 0.717) is 43.3 Å². The Balaban J connectivity index is 1.32. The maximum Gasteiger partial charge on any atom is 0.439 e. The topological polar surface area (TPSA) is 141 Å². The Morgan fingerprint density at radius 1 is 1.04 bits per heavy atom. The van der Waals surface area contributed by atoms with Crippen LogP contribution < -0.4 is 11.3 Å². The second kappa shape index (κ2) is 13.3. The predicted molar refractivity (Wildman–Crippen MR) is 170 cm³/mol. The first kappa shape index (κ1) is 30.7. The molecule has 1 unspecified atom stereocenters. The number of ether oxygens (including phenoxy) is 1. The quantitative estimate of drug-likeness (QED) is 0.212. The lowest BCUT2D eigenvalue weighted by Gasteiger charge is -2.31. The fraction of sp³-hybridized carbons (Fsp3) is 0.441. The van der Waals surface area contributed by atoms with Crippen molar-refractivity contribution in [3.05, 3.63) is 92.1 Å². The van der Waals surface area contributed by atoms with Crippen LogP contribution in [0.5, 0.6) is 0 Å². The van der Waals surface area contributed by atoms with Gasteiger partial charge in [0.15, 0.2) is 5.82 Å². The van der Waals surface area contributed by atoms with Crippen molar-refractivity contribution in [3.8, 4) is 22.5 Å². The molecule has 45 heavy (non-hydrogen) atoms. The number of hydrogen-bond acceptors (Lipinski definition) is 8. The first-order valence-electron chi connectivity index (χ1n) is 15.9. The fourth-order valence-electron chi connectivity index (χ4n) is 6.36. The average Bonchev–Trinajstić information content (AvgIpc) is 3.67. The summed E-state index contributed by atoms with van der Waals surface area (Å²) in [7, 11) is 0. The Hall–Kier alpha value is -4.35. The van der Waals surface area contributed by atoms with Gasteiger partial charge in [-0.3, -0.25) is 18.9 Å². The molecule has 2 N–H and O–H groups in total. The van der Waals surface area contributed by atoms with Crippen molar-refractivity contribution in [2.75, 3.05) is 6.61 Å². The SMILES string of the molecule is CCCc1c(Cc2ccc(-c3ccccc3-c3noc(=O)[nH]3)cc2)c(=O)n([C@H]2CC[C@H](OCC(O)CC)CC2)c2nc(C)nn12. The van der Waals surface area contributed by atoms with Crippen molar-refractivity contribution in [1.29, 1.82) is 0 Å². The standard InChI is InChI=1S/C34H40N6O5/c1-4-8-30-29(19-22-11-13-23(14-12-22)27-9-6-7-10-28(27)31-36-34(43)45-38-31)32(42)39(33-35-21(3)37-40(30)33)24-15-17-26(18-16-24)44-20-25(41)5-2/h6-7,9-14,24-26,41H,4-5,8,15-20H2,1-3H3,(H,36,38,43)/t24-,25?,26-. The smallest absolute Gasteiger partial charge is 0.391 e. The Kier molecular flexibility index (Phi) is 9.09. The van der Waals surface area contributed by atoms with E-state index < -0.39 is 11.9 Å². The van der Waals surface area contributed by atoms with Crippen molar-refractivity contribution in [2.24, 2.45) is 0 Å². The molecule has 0 amide bonds. The van der Waals surface area contributed by atoms with Crippen molar-refractivity contribution in [2.45, 2.75) is 90.4 Å². The number of aromatic nitrogens is 6. The first-order valence-corrected chi connectivity index (χ1v) is 15.9. The molecular formula is C34H40N6O5. The zero-order valence-electron chi connectivity index (χ0n) is 26.0. The minimum absolute atomic E-state index is 0.00387. The number of hydrogen-bond donors (Lipinski definition) is 2. The van der Waals surface area contributed by atoms with Crippen LogP contribution in [0.15, 0.2) is 62.6 Å². The van der Waals surface area contributed by atoms with Crippen LogP contribution in [0.2, 0.25) is 0 Å². The molecule has 236 valence electrons. The third-order valence-electron chi connectivity index (χ3n) is 8.75. The van der Waals surface area contributed by atoms with Gasteiger partial charge in [0.05, 0.1) is 24.5 Å². The molecule has 1 fully saturated rings. The molecule has 1 atom stereocenters. The molecule has 0 saturated heterocycles. The molecule has 0 radical (unpaired) electrons. The highest BCUT2D eigenvalue weighted by atomic mass is 16.5. The summed E-state index contributed by atoms with van der Waals surface area (Å²) in [6.45, 7) is 6.27. The van der Waals surface area contributed by atoms with Crippen LogP contribution in [0, 0.1) is 6.92 Å². The summed E-state index contributed by atoms with van der Waals surface area (Å²) in [4.78, 5) is 33.3. The van der Waals surface area contributed by atoms with E-state index >= 15 is 0 Å². The number of H-pyrrole nitrogens is 1. The van der Waals surface area contributed by atoms with E-state index in [1.54, 1.807) is 0 Å². The van der Waals surface area contributed by atoms with Gasteiger partial charge in [-0.1, -0.05) is 74.0 Å². The van der Waals surface area contributed by atoms with Crippen LogP contribution in [0.4, 0.5) is 0 Å². The van der Waals surface area contributed by atoms with Crippen molar-refractivity contribution < 1.29 is 14.4 Å². The predicted octanol–water partition coefficient (Wildman–Crippen LogP) is 5.02. The Morgan fingerprint density at radius 2 is 1.78 bits per heavy atom. The molecule has 1 saturated carbocycles. The van der Waals surface area contributed by atoms with Gasteiger partial charge < -0.3 is 9.84 Å². The molecule has 11 heteroatoms. The largest absolute Gasteiger partial charge is 0.439 e. The maximum atomic E-state index is 14.4. The number of aryl methyl sites for hydroxylation is 2. The molecule has 1 aliphatic rings. The van der Waals surface area contributed by atoms with Crippen molar-refractivity contribution in [1.82, 2.24) is 29.3 Å². The molecular weight excluding hydrogens is 572 g/mol. The monoisotopic (exact) mass is 612 g/mol. The summed E-state index contributed by atoms with van der Waals surface area (Å²) in [5.74, 6) is 1.02. The zero-order valence-corrected chi connectivity index (χ0v) is 26.0. The summed E-state index contributed by atoms with van der Waals surface area (Å²) in [6, 6.07) is 15.8. The summed E-state index contributed by atoms with van der Waals surface area (Å²) in [6.07, 6.45) is 5.60. The van der Waals surface area contributed by atoms with Crippen LogP contribution in [0.25, 0.3) is 28.3 Å². The van der Waals surface area contributed by atoms with Gasteiger partial charge in [-0.15, -0.1) is 0 Å². The first-order chi connectivity index (χ1) is 21.9. The van der Waals surface area contributed by atoms with Gasteiger partial charge in [0, 0.05) is 23.6 Å². The normalized spacial score (nSPS) is 17.6. The number of nitrogens with zero attached hydrogens (tertiary/aromatic N) is 5. The number of benzene rings is 2. The molecule has 3 aromatic heterocycles. The molecule has 3 heterocycles. The number of aromatic amines is 1. The third kappa shape index (κ3) is 6.41. The van der Waals surface area contributed by atoms with Gasteiger partial charge in [0.2, 0.25) is 5.78 Å². The van der Waals surface area contributed by atoms with Crippen LogP contribution in [0.1, 0.15) is 81.1 Å². The Labute approximate surface area is 260 Å². The van der Waals surface area contributed by atoms with Crippen LogP contribution >= 0.6 is 0 Å². The van der Waals surface area contributed by atoms with E-state index in [2.05, 4.69) is 17.1 Å². The molecule has 2 aromatic carbocycles. The van der Waals surface area contributed by atoms with E-state index in [1.807, 2.05) is 71.5 Å². The highest BCUT2D eigenvalue weighted by Gasteiger charge is 2.29. The van der Waals surface area contributed by atoms with E-state index in [4.69, 9.17) is 19.3 Å². The van der Waals surface area contributed by atoms with E-state index in [-0.39, 0.29) is 17.7 Å². The number of aliphatic hydroxyl groups excluding tert-OH is 1. The van der Waals surface area contributed by atoms with Crippen molar-refractivity contribution in [3.63, 3.8) is 0 Å².